The van der Waals surface area contributed by atoms with E-state index in [-0.39, 0.29) is 16.1 Å². The van der Waals surface area contributed by atoms with Crippen LogP contribution in [0.5, 0.6) is 0 Å². The van der Waals surface area contributed by atoms with Crippen molar-refractivity contribution in [1.82, 2.24) is 0 Å². The number of nitro groups is 1. The van der Waals surface area contributed by atoms with Crippen molar-refractivity contribution in [3.8, 4) is 0 Å². The predicted molar refractivity (Wildman–Crippen MR) is 141 cm³/mol. The number of ether oxygens (including phenoxy) is 1. The summed E-state index contributed by atoms with van der Waals surface area (Å²) in [5, 5.41) is 12.9. The van der Waals surface area contributed by atoms with Crippen molar-refractivity contribution in [2.75, 3.05) is 11.4 Å². The van der Waals surface area contributed by atoms with Crippen LogP contribution in [0.4, 0.5) is 5.69 Å². The summed E-state index contributed by atoms with van der Waals surface area (Å²) < 4.78 is 34.3. The van der Waals surface area contributed by atoms with Crippen molar-refractivity contribution in [1.29, 1.82) is 0 Å². The lowest BCUT2D eigenvalue weighted by Gasteiger charge is -2.45. The van der Waals surface area contributed by atoms with E-state index in [9.17, 15) is 23.3 Å². The minimum atomic E-state index is -4.39. The number of methoxy groups -OCH3 is 1. The van der Waals surface area contributed by atoms with E-state index in [1.165, 1.54) is 24.3 Å². The molecule has 0 unspecified atom stereocenters. The van der Waals surface area contributed by atoms with Gasteiger partial charge in [-0.05, 0) is 36.2 Å². The molecule has 0 aromatic heterocycles. The van der Waals surface area contributed by atoms with Crippen LogP contribution >= 0.6 is 0 Å². The van der Waals surface area contributed by atoms with E-state index in [1.807, 2.05) is 13.0 Å². The standard InChI is InChI=1S/C28H26N2O6S/c1-4-24-23-12-8-9-13-25(23)29(37(34,35)22-17-14-20(2)15-18-22)26(19-16-21-10-6-5-7-11-21)28(24,30(32)33)27(31)36-3/h4-19,24,26H,1H2,2-3H3/b19-16+/t24-,26-,28+/m1/s1. The van der Waals surface area contributed by atoms with Gasteiger partial charge in [-0.1, -0.05) is 84.5 Å². The normalized spacial score (nSPS) is 21.3. The van der Waals surface area contributed by atoms with Gasteiger partial charge in [0.05, 0.1) is 23.6 Å². The summed E-state index contributed by atoms with van der Waals surface area (Å²) in [6.45, 7) is 5.60. The van der Waals surface area contributed by atoms with Crippen LogP contribution in [-0.2, 0) is 19.6 Å². The van der Waals surface area contributed by atoms with Crippen LogP contribution in [0, 0.1) is 17.0 Å². The average Bonchev–Trinajstić information content (AvgIpc) is 2.90. The smallest absolute Gasteiger partial charge is 0.388 e. The molecule has 0 spiro atoms. The first-order valence-electron chi connectivity index (χ1n) is 11.5. The molecule has 0 aliphatic carbocycles. The van der Waals surface area contributed by atoms with Crippen LogP contribution < -0.4 is 4.31 Å². The number of anilines is 1. The zero-order valence-corrected chi connectivity index (χ0v) is 21.2. The molecule has 1 aliphatic rings. The van der Waals surface area contributed by atoms with E-state index in [0.717, 1.165) is 17.0 Å². The largest absolute Gasteiger partial charge is 0.464 e. The molecule has 37 heavy (non-hydrogen) atoms. The first kappa shape index (κ1) is 25.8. The summed E-state index contributed by atoms with van der Waals surface area (Å²) in [5.74, 6) is -2.36. The molecule has 190 valence electrons. The molecular weight excluding hydrogens is 492 g/mol. The van der Waals surface area contributed by atoms with E-state index < -0.39 is 38.4 Å². The lowest BCUT2D eigenvalue weighted by atomic mass is 9.71. The Kier molecular flexibility index (Phi) is 7.00. The third-order valence-electron chi connectivity index (χ3n) is 6.59. The number of hydrogen-bond donors (Lipinski definition) is 0. The lowest BCUT2D eigenvalue weighted by molar-refractivity contribution is -0.559. The minimum absolute atomic E-state index is 0.0646. The van der Waals surface area contributed by atoms with Gasteiger partial charge in [-0.2, -0.15) is 0 Å². The van der Waals surface area contributed by atoms with Crippen molar-refractivity contribution < 1.29 is 22.9 Å². The van der Waals surface area contributed by atoms with Crippen LogP contribution in [0.25, 0.3) is 6.08 Å². The summed E-state index contributed by atoms with van der Waals surface area (Å²) >= 11 is 0. The number of nitrogens with zero attached hydrogens (tertiary/aromatic N) is 2. The molecule has 4 rings (SSSR count). The van der Waals surface area contributed by atoms with Crippen molar-refractivity contribution >= 4 is 27.8 Å². The number of fused-ring (bicyclic) bond motifs is 1. The second-order valence-corrected chi connectivity index (χ2v) is 10.5. The van der Waals surface area contributed by atoms with Gasteiger partial charge in [0.2, 0.25) is 0 Å². The van der Waals surface area contributed by atoms with Crippen LogP contribution in [0.3, 0.4) is 0 Å². The predicted octanol–water partition coefficient (Wildman–Crippen LogP) is 4.74. The van der Waals surface area contributed by atoms with Crippen molar-refractivity contribution in [2.24, 2.45) is 0 Å². The molecular formula is C28H26N2O6S. The number of carbonyl (C=O) groups excluding carboxylic acids is 1. The van der Waals surface area contributed by atoms with E-state index in [4.69, 9.17) is 4.74 Å². The van der Waals surface area contributed by atoms with Crippen molar-refractivity contribution in [3.63, 3.8) is 0 Å². The monoisotopic (exact) mass is 518 g/mol. The molecule has 8 nitrogen and oxygen atoms in total. The Bertz CT molecular complexity index is 1470. The van der Waals surface area contributed by atoms with Gasteiger partial charge in [0.15, 0.2) is 0 Å². The summed E-state index contributed by atoms with van der Waals surface area (Å²) in [6.07, 6.45) is 4.25. The highest BCUT2D eigenvalue weighted by Gasteiger charge is 2.69. The second kappa shape index (κ2) is 10.0. The number of rotatable bonds is 7. The Morgan fingerprint density at radius 2 is 1.68 bits per heavy atom. The Balaban J connectivity index is 2.10. The van der Waals surface area contributed by atoms with E-state index in [1.54, 1.807) is 66.7 Å². The molecule has 0 bridgehead atoms. The molecule has 3 aromatic carbocycles. The molecule has 1 heterocycles. The van der Waals surface area contributed by atoms with Crippen LogP contribution in [0.1, 0.15) is 22.6 Å². The lowest BCUT2D eigenvalue weighted by Crippen LogP contribution is -2.68. The number of carbonyl (C=O) groups is 1. The molecule has 0 saturated carbocycles. The quantitative estimate of drug-likeness (QED) is 0.193. The van der Waals surface area contributed by atoms with Gasteiger partial charge in [0.1, 0.15) is 6.04 Å². The Morgan fingerprint density at radius 1 is 1.05 bits per heavy atom. The topological polar surface area (TPSA) is 107 Å². The molecule has 0 amide bonds. The number of para-hydroxylation sites is 1. The first-order chi connectivity index (χ1) is 17.7. The fourth-order valence-corrected chi connectivity index (χ4v) is 6.47. The average molecular weight is 519 g/mol. The zero-order valence-electron chi connectivity index (χ0n) is 20.4. The maximum absolute atomic E-state index is 14.2. The van der Waals surface area contributed by atoms with Crippen molar-refractivity contribution in [2.45, 2.75) is 29.3 Å². The number of benzene rings is 3. The highest BCUT2D eigenvalue weighted by Crippen LogP contribution is 2.50. The highest BCUT2D eigenvalue weighted by atomic mass is 32.2. The fraction of sp³-hybridized carbons (Fsp3) is 0.179. The molecule has 3 atom stereocenters. The fourth-order valence-electron chi connectivity index (χ4n) is 4.81. The van der Waals surface area contributed by atoms with Crippen LogP contribution in [0.15, 0.2) is 102 Å². The summed E-state index contributed by atoms with van der Waals surface area (Å²) in [6, 6.07) is 19.9. The van der Waals surface area contributed by atoms with Crippen LogP contribution in [0.2, 0.25) is 0 Å². The molecule has 1 aliphatic heterocycles. The third kappa shape index (κ3) is 4.21. The highest BCUT2D eigenvalue weighted by molar-refractivity contribution is 7.92. The van der Waals surface area contributed by atoms with Gasteiger partial charge in [-0.15, -0.1) is 6.58 Å². The first-order valence-corrected chi connectivity index (χ1v) is 12.9. The number of aryl methyl sites for hydroxylation is 1. The number of hydrogen-bond acceptors (Lipinski definition) is 6. The molecule has 0 N–H and O–H groups in total. The molecule has 9 heteroatoms. The van der Waals surface area contributed by atoms with Gasteiger partial charge < -0.3 is 4.74 Å². The second-order valence-electron chi connectivity index (χ2n) is 8.67. The van der Waals surface area contributed by atoms with Crippen LogP contribution in [-0.4, -0.2) is 38.0 Å². The van der Waals surface area contributed by atoms with E-state index in [2.05, 4.69) is 6.58 Å². The van der Waals surface area contributed by atoms with Crippen molar-refractivity contribution in [3.05, 3.63) is 124 Å². The number of esters is 1. The maximum Gasteiger partial charge on any atom is 0.388 e. The molecule has 0 radical (unpaired) electrons. The summed E-state index contributed by atoms with van der Waals surface area (Å²) in [5.41, 5.74) is -0.532. The summed E-state index contributed by atoms with van der Waals surface area (Å²) in [7, 11) is -3.34. The van der Waals surface area contributed by atoms with Gasteiger partial charge in [-0.25, -0.2) is 13.2 Å². The Morgan fingerprint density at radius 3 is 2.27 bits per heavy atom. The molecule has 0 saturated heterocycles. The molecule has 3 aromatic rings. The zero-order chi connectivity index (χ0) is 26.8. The Labute approximate surface area is 215 Å². The number of sulfonamides is 1. The third-order valence-corrected chi connectivity index (χ3v) is 8.40. The van der Waals surface area contributed by atoms with Gasteiger partial charge in [-0.3, -0.25) is 14.4 Å². The van der Waals surface area contributed by atoms with Gasteiger partial charge >= 0.3 is 11.5 Å². The summed E-state index contributed by atoms with van der Waals surface area (Å²) in [4.78, 5) is 25.5. The van der Waals surface area contributed by atoms with E-state index >= 15 is 0 Å². The van der Waals surface area contributed by atoms with Gasteiger partial charge in [0, 0.05) is 4.92 Å². The Hall–Kier alpha value is -4.24. The van der Waals surface area contributed by atoms with E-state index in [0.29, 0.717) is 5.56 Å². The molecule has 0 fully saturated rings. The maximum atomic E-state index is 14.2. The SMILES string of the molecule is C=C[C@@H]1c2ccccc2N(S(=O)(=O)c2ccc(C)cc2)[C@H](/C=C/c2ccccc2)[C@@]1(C(=O)OC)[N+](=O)[O-]. The minimum Gasteiger partial charge on any atom is -0.464 e. The van der Waals surface area contributed by atoms with Gasteiger partial charge in [0.25, 0.3) is 10.0 Å².